The van der Waals surface area contributed by atoms with Crippen molar-refractivity contribution in [3.8, 4) is 22.8 Å². The number of hydrogen-bond acceptors (Lipinski definition) is 4. The Hall–Kier alpha value is -1.32. The van der Waals surface area contributed by atoms with Crippen LogP contribution >= 0.6 is 0 Å². The van der Waals surface area contributed by atoms with E-state index in [0.29, 0.717) is 6.61 Å². The molecule has 4 nitrogen and oxygen atoms in total. The van der Waals surface area contributed by atoms with Crippen molar-refractivity contribution in [3.05, 3.63) is 22.1 Å². The second kappa shape index (κ2) is 4.36. The number of aromatic nitrogens is 2. The van der Waals surface area contributed by atoms with E-state index in [1.807, 2.05) is 19.1 Å². The summed E-state index contributed by atoms with van der Waals surface area (Å²) in [5.74, 6) is 1.70. The summed E-state index contributed by atoms with van der Waals surface area (Å²) in [7, 11) is 0. The molecule has 100 valence electrons. The van der Waals surface area contributed by atoms with Gasteiger partial charge in [-0.15, -0.1) is 0 Å². The molecule has 1 aromatic carbocycles. The van der Waals surface area contributed by atoms with Gasteiger partial charge in [0.15, 0.2) is 0 Å². The number of rotatable bonds is 2. The van der Waals surface area contributed by atoms with Crippen molar-refractivity contribution in [2.45, 2.75) is 33.3 Å². The Balaban J connectivity index is 2.21. The predicted octanol–water partition coefficient (Wildman–Crippen LogP) is 2.54. The number of hydrogen-bond donors (Lipinski definition) is 0. The van der Waals surface area contributed by atoms with E-state index in [1.54, 1.807) is 0 Å². The summed E-state index contributed by atoms with van der Waals surface area (Å²) in [6, 6.07) is 3.99. The first-order valence-corrected chi connectivity index (χ1v) is 7.95. The average molecular weight is 323 g/mol. The van der Waals surface area contributed by atoms with Crippen LogP contribution in [0.3, 0.4) is 0 Å². The maximum atomic E-state index is 6.16. The summed E-state index contributed by atoms with van der Waals surface area (Å²) >= 11 is 0.0571. The van der Waals surface area contributed by atoms with Crippen molar-refractivity contribution in [2.75, 3.05) is 6.61 Å². The van der Waals surface area contributed by atoms with Crippen LogP contribution in [0, 0.1) is 6.92 Å². The summed E-state index contributed by atoms with van der Waals surface area (Å²) in [6.07, 6.45) is 0. The monoisotopic (exact) mass is 324 g/mol. The van der Waals surface area contributed by atoms with Gasteiger partial charge >= 0.3 is 118 Å². The molecule has 3 rings (SSSR count). The molecule has 0 amide bonds. The van der Waals surface area contributed by atoms with E-state index in [9.17, 15) is 0 Å². The molecule has 0 unspecified atom stereocenters. The third kappa shape index (κ3) is 1.97. The van der Waals surface area contributed by atoms with Crippen LogP contribution in [0.4, 0.5) is 0 Å². The molecule has 0 spiro atoms. The summed E-state index contributed by atoms with van der Waals surface area (Å²) < 4.78 is 17.2. The molecule has 0 atom stereocenters. The first-order chi connectivity index (χ1) is 9.03. The van der Waals surface area contributed by atoms with Crippen molar-refractivity contribution >= 4 is 14.7 Å². The van der Waals surface area contributed by atoms with E-state index in [0.717, 1.165) is 28.3 Å². The van der Waals surface area contributed by atoms with Crippen LogP contribution in [0.15, 0.2) is 12.1 Å². The molecule has 2 aromatic rings. The second-order valence-corrected chi connectivity index (χ2v) is 6.69. The Bertz CT molecular complexity index is 634. The second-order valence-electron chi connectivity index (χ2n) is 5.11. The number of aryl methyl sites for hydroxylation is 1. The fourth-order valence-corrected chi connectivity index (χ4v) is 3.89. The van der Waals surface area contributed by atoms with E-state index < -0.39 is 0 Å². The van der Waals surface area contributed by atoms with Gasteiger partial charge in [0, 0.05) is 0 Å². The van der Waals surface area contributed by atoms with Crippen molar-refractivity contribution < 1.29 is 9.47 Å². The quantitative estimate of drug-likeness (QED) is 0.797. The molecule has 0 bridgehead atoms. The number of ether oxygens (including phenoxy) is 2. The van der Waals surface area contributed by atoms with E-state index in [-0.39, 0.29) is 20.3 Å². The predicted molar refractivity (Wildman–Crippen MR) is 74.0 cm³/mol. The number of benzene rings is 1. The van der Waals surface area contributed by atoms with Gasteiger partial charge in [0.25, 0.3) is 0 Å². The van der Waals surface area contributed by atoms with Gasteiger partial charge in [-0.2, -0.15) is 0 Å². The minimum absolute atomic E-state index is 0.0571. The number of nitrogens with zero attached hydrogens (tertiary/aromatic N) is 2. The fraction of sp³-hybridized carbons (Fsp3) is 0.429. The van der Waals surface area contributed by atoms with Gasteiger partial charge in [0.1, 0.15) is 0 Å². The van der Waals surface area contributed by atoms with Crippen LogP contribution in [0.2, 0.25) is 0 Å². The van der Waals surface area contributed by atoms with Crippen molar-refractivity contribution in [1.29, 1.82) is 0 Å². The molecule has 0 fully saturated rings. The Labute approximate surface area is 118 Å². The van der Waals surface area contributed by atoms with Crippen LogP contribution < -0.4 is 9.47 Å². The Morgan fingerprint density at radius 3 is 2.89 bits per heavy atom. The molecule has 1 aromatic heterocycles. The molecule has 0 aliphatic carbocycles. The first-order valence-electron chi connectivity index (χ1n) is 6.32. The summed E-state index contributed by atoms with van der Waals surface area (Å²) in [5, 5.41) is 4.34. The molecule has 5 heteroatoms. The summed E-state index contributed by atoms with van der Waals surface area (Å²) in [5.41, 5.74) is 2.87. The Morgan fingerprint density at radius 1 is 1.37 bits per heavy atom. The molecule has 0 saturated heterocycles. The molecule has 0 saturated carbocycles. The van der Waals surface area contributed by atoms with E-state index in [1.165, 1.54) is 4.44 Å². The van der Waals surface area contributed by atoms with Crippen molar-refractivity contribution in [2.24, 2.45) is 0 Å². The molecule has 1 aliphatic heterocycles. The van der Waals surface area contributed by atoms with Crippen LogP contribution in [0.5, 0.6) is 11.5 Å². The zero-order chi connectivity index (χ0) is 13.6. The van der Waals surface area contributed by atoms with Gasteiger partial charge in [-0.3, -0.25) is 0 Å². The van der Waals surface area contributed by atoms with Gasteiger partial charge in [0.05, 0.1) is 0 Å². The third-order valence-electron chi connectivity index (χ3n) is 3.22. The van der Waals surface area contributed by atoms with E-state index in [2.05, 4.69) is 30.0 Å². The first kappa shape index (κ1) is 12.7. The summed E-state index contributed by atoms with van der Waals surface area (Å²) in [6.45, 7) is 8.85. The van der Waals surface area contributed by atoms with Crippen LogP contribution in [0.1, 0.15) is 30.8 Å². The van der Waals surface area contributed by atoms with Crippen molar-refractivity contribution in [3.63, 3.8) is 0 Å². The topological polar surface area (TPSA) is 44.2 Å². The summed E-state index contributed by atoms with van der Waals surface area (Å²) in [4.78, 5) is 0. The van der Waals surface area contributed by atoms with Crippen molar-refractivity contribution in [1.82, 2.24) is 9.19 Å². The molecule has 2 heterocycles. The Kier molecular flexibility index (Phi) is 2.91. The molecule has 1 aliphatic rings. The average Bonchev–Trinajstić information content (AvgIpc) is 2.77. The molecule has 19 heavy (non-hydrogen) atoms. The van der Waals surface area contributed by atoms with Crippen LogP contribution in [-0.2, 0) is 5.60 Å². The van der Waals surface area contributed by atoms with Gasteiger partial charge in [-0.1, -0.05) is 0 Å². The van der Waals surface area contributed by atoms with Gasteiger partial charge in [0.2, 0.25) is 0 Å². The van der Waals surface area contributed by atoms with Gasteiger partial charge in [-0.25, -0.2) is 0 Å². The Morgan fingerprint density at radius 2 is 2.16 bits per heavy atom. The van der Waals surface area contributed by atoms with E-state index in [4.69, 9.17) is 9.47 Å². The van der Waals surface area contributed by atoms with Crippen LogP contribution in [-0.4, -0.2) is 30.5 Å². The molecule has 0 N–H and O–H groups in total. The van der Waals surface area contributed by atoms with E-state index >= 15 is 0 Å². The fourth-order valence-electron chi connectivity index (χ4n) is 2.43. The molecule has 0 radical (unpaired) electrons. The molecular weight excluding hydrogens is 307 g/mol. The number of fused-ring (bicyclic) bond motifs is 3. The standard InChI is InChI=1S/C14H16N2O2Se/c1-5-17-9-6-8(2)11-10(7-9)18-14(3,4)13-12(11)15-16-19-13/h6-7H,5H2,1-4H3. The zero-order valence-electron chi connectivity index (χ0n) is 11.5. The maximum absolute atomic E-state index is 6.16. The van der Waals surface area contributed by atoms with Crippen LogP contribution in [0.25, 0.3) is 11.3 Å². The molecular formula is C14H16N2O2Se. The normalized spacial score (nSPS) is 15.4. The SMILES string of the molecule is CCOc1cc(C)c2c(c1)OC(C)(C)c1[se]nnc1-2. The zero-order valence-corrected chi connectivity index (χ0v) is 13.2. The minimum atomic E-state index is -0.330. The third-order valence-corrected chi connectivity index (χ3v) is 5.38. The van der Waals surface area contributed by atoms with Gasteiger partial charge < -0.3 is 0 Å². The van der Waals surface area contributed by atoms with Gasteiger partial charge in [-0.05, 0) is 0 Å².